The van der Waals surface area contributed by atoms with Crippen LogP contribution >= 0.6 is 0 Å². The topological polar surface area (TPSA) is 78.9 Å². The van der Waals surface area contributed by atoms with Gasteiger partial charge in [-0.2, -0.15) is 0 Å². The number of hydrogen-bond acceptors (Lipinski definition) is 6. The van der Waals surface area contributed by atoms with Crippen LogP contribution in [0, 0.1) is 35.5 Å². The van der Waals surface area contributed by atoms with Crippen LogP contribution in [0.15, 0.2) is 0 Å². The molecule has 0 heterocycles. The van der Waals surface area contributed by atoms with Crippen LogP contribution in [-0.4, -0.2) is 37.7 Å². The van der Waals surface area contributed by atoms with Crippen molar-refractivity contribution in [1.29, 1.82) is 0 Å². The van der Waals surface area contributed by atoms with Crippen molar-refractivity contribution in [1.82, 2.24) is 0 Å². The van der Waals surface area contributed by atoms with Crippen molar-refractivity contribution in [3.05, 3.63) is 0 Å². The highest BCUT2D eigenvalue weighted by Crippen LogP contribution is 2.37. The number of carbonyl (C=O) groups is 3. The van der Waals surface area contributed by atoms with Gasteiger partial charge in [0.05, 0.1) is 37.6 Å². The number of ether oxygens (including phenoxy) is 3. The summed E-state index contributed by atoms with van der Waals surface area (Å²) in [5, 5.41) is 0. The van der Waals surface area contributed by atoms with E-state index < -0.39 is 11.8 Å². The van der Waals surface area contributed by atoms with E-state index in [1.165, 1.54) is 0 Å². The molecule has 1 saturated carbocycles. The molecule has 0 saturated heterocycles. The van der Waals surface area contributed by atoms with E-state index in [2.05, 4.69) is 41.5 Å². The normalized spacial score (nSPS) is 20.9. The van der Waals surface area contributed by atoms with E-state index in [-0.39, 0.29) is 23.8 Å². The summed E-state index contributed by atoms with van der Waals surface area (Å²) in [6, 6.07) is 0. The maximum Gasteiger partial charge on any atom is 0.309 e. The largest absolute Gasteiger partial charge is 0.465 e. The standard InChI is InChI=1S/C36H66O6/c1-7-13-19-28(16-10-4)25-40-34(37)31-22-23-32(35(38)41-26-29(17-11-5)20-14-8-2)33(24-31)36(39)42-27-30(18-12-6)21-15-9-3/h28-33H,7-27H2,1-6H3. The molecule has 0 amide bonds. The van der Waals surface area contributed by atoms with E-state index in [1.54, 1.807) is 0 Å². The van der Waals surface area contributed by atoms with Crippen LogP contribution in [0.1, 0.15) is 157 Å². The van der Waals surface area contributed by atoms with Gasteiger partial charge in [0.1, 0.15) is 0 Å². The average molecular weight is 595 g/mol. The summed E-state index contributed by atoms with van der Waals surface area (Å²) in [5.41, 5.74) is 0. The van der Waals surface area contributed by atoms with Crippen LogP contribution < -0.4 is 0 Å². The average Bonchev–Trinajstić information content (AvgIpc) is 3.00. The molecule has 0 N–H and O–H groups in total. The minimum Gasteiger partial charge on any atom is -0.465 e. The highest BCUT2D eigenvalue weighted by atomic mass is 16.5. The van der Waals surface area contributed by atoms with Gasteiger partial charge >= 0.3 is 17.9 Å². The van der Waals surface area contributed by atoms with Gasteiger partial charge in [0.25, 0.3) is 0 Å². The molecule has 0 aliphatic heterocycles. The zero-order valence-electron chi connectivity index (χ0n) is 28.3. The van der Waals surface area contributed by atoms with Crippen molar-refractivity contribution in [2.75, 3.05) is 19.8 Å². The van der Waals surface area contributed by atoms with E-state index in [4.69, 9.17) is 14.2 Å². The molecular weight excluding hydrogens is 528 g/mol. The smallest absolute Gasteiger partial charge is 0.309 e. The Morgan fingerprint density at radius 1 is 0.500 bits per heavy atom. The molecule has 246 valence electrons. The molecule has 1 fully saturated rings. The molecule has 0 bridgehead atoms. The highest BCUT2D eigenvalue weighted by molar-refractivity contribution is 5.84. The molecule has 0 aromatic rings. The lowest BCUT2D eigenvalue weighted by Crippen LogP contribution is -2.40. The molecule has 1 aliphatic rings. The van der Waals surface area contributed by atoms with E-state index in [9.17, 15) is 14.4 Å². The van der Waals surface area contributed by atoms with Crippen LogP contribution in [0.5, 0.6) is 0 Å². The van der Waals surface area contributed by atoms with E-state index >= 15 is 0 Å². The summed E-state index contributed by atoms with van der Waals surface area (Å²) in [7, 11) is 0. The SMILES string of the molecule is CCCCC(CCC)COC(=O)C1CCC(C(=O)OCC(CCC)CCCC)C(C(=O)OCC(CCC)CCCC)C1. The fraction of sp³-hybridized carbons (Fsp3) is 0.917. The van der Waals surface area contributed by atoms with E-state index in [0.717, 1.165) is 96.3 Å². The van der Waals surface area contributed by atoms with Crippen LogP contribution in [0.25, 0.3) is 0 Å². The number of unbranched alkanes of at least 4 members (excludes halogenated alkanes) is 3. The summed E-state index contributed by atoms with van der Waals surface area (Å²) in [6.07, 6.45) is 17.5. The first-order valence-electron chi connectivity index (χ1n) is 17.8. The van der Waals surface area contributed by atoms with Crippen molar-refractivity contribution in [3.8, 4) is 0 Å². The number of esters is 3. The molecule has 6 heteroatoms. The molecule has 0 aromatic carbocycles. The van der Waals surface area contributed by atoms with E-state index in [1.807, 2.05) is 0 Å². The van der Waals surface area contributed by atoms with Gasteiger partial charge in [0.2, 0.25) is 0 Å². The van der Waals surface area contributed by atoms with Crippen LogP contribution in [0.4, 0.5) is 0 Å². The van der Waals surface area contributed by atoms with Crippen molar-refractivity contribution in [3.63, 3.8) is 0 Å². The Labute approximate surface area is 258 Å². The first kappa shape index (κ1) is 38.4. The lowest BCUT2D eigenvalue weighted by molar-refractivity contribution is -0.168. The fourth-order valence-corrected chi connectivity index (χ4v) is 6.50. The van der Waals surface area contributed by atoms with Crippen molar-refractivity contribution in [2.45, 2.75) is 157 Å². The summed E-state index contributed by atoms with van der Waals surface area (Å²) in [6.45, 7) is 14.2. The van der Waals surface area contributed by atoms with E-state index in [0.29, 0.717) is 56.8 Å². The lowest BCUT2D eigenvalue weighted by atomic mass is 9.74. The molecule has 6 nitrogen and oxygen atoms in total. The summed E-state index contributed by atoms with van der Waals surface area (Å²) in [5.74, 6) is -1.43. The van der Waals surface area contributed by atoms with Gasteiger partial charge in [-0.25, -0.2) is 0 Å². The Bertz CT molecular complexity index is 722. The minimum atomic E-state index is -0.663. The Morgan fingerprint density at radius 3 is 1.26 bits per heavy atom. The zero-order valence-corrected chi connectivity index (χ0v) is 28.3. The molecule has 0 radical (unpaired) electrons. The second-order valence-electron chi connectivity index (χ2n) is 13.0. The number of rotatable bonds is 24. The molecule has 42 heavy (non-hydrogen) atoms. The molecule has 1 aliphatic carbocycles. The van der Waals surface area contributed by atoms with Gasteiger partial charge in [0.15, 0.2) is 0 Å². The summed E-state index contributed by atoms with van der Waals surface area (Å²) >= 11 is 0. The van der Waals surface area contributed by atoms with Gasteiger partial charge in [-0.3, -0.25) is 14.4 Å². The maximum atomic E-state index is 13.5. The van der Waals surface area contributed by atoms with Crippen LogP contribution in [0.3, 0.4) is 0 Å². The van der Waals surface area contributed by atoms with Gasteiger partial charge in [-0.1, -0.05) is 99.3 Å². The predicted molar refractivity (Wildman–Crippen MR) is 171 cm³/mol. The Balaban J connectivity index is 2.94. The summed E-state index contributed by atoms with van der Waals surface area (Å²) in [4.78, 5) is 40.1. The van der Waals surface area contributed by atoms with Gasteiger partial charge in [-0.05, 0) is 75.5 Å². The molecule has 6 atom stereocenters. The fourth-order valence-electron chi connectivity index (χ4n) is 6.50. The minimum absolute atomic E-state index is 0.230. The second-order valence-corrected chi connectivity index (χ2v) is 13.0. The van der Waals surface area contributed by atoms with Crippen molar-refractivity contribution >= 4 is 17.9 Å². The first-order chi connectivity index (χ1) is 20.3. The third-order valence-corrected chi connectivity index (χ3v) is 9.16. The zero-order chi connectivity index (χ0) is 31.2. The molecule has 6 unspecified atom stereocenters. The summed E-state index contributed by atoms with van der Waals surface area (Å²) < 4.78 is 17.6. The van der Waals surface area contributed by atoms with Crippen LogP contribution in [-0.2, 0) is 28.6 Å². The predicted octanol–water partition coefficient (Wildman–Crippen LogP) is 9.47. The quantitative estimate of drug-likeness (QED) is 0.0818. The Morgan fingerprint density at radius 2 is 0.881 bits per heavy atom. The Kier molecular flexibility index (Phi) is 21.8. The number of hydrogen-bond donors (Lipinski definition) is 0. The molecule has 1 rings (SSSR count). The van der Waals surface area contributed by atoms with Gasteiger partial charge in [-0.15, -0.1) is 0 Å². The van der Waals surface area contributed by atoms with Gasteiger partial charge in [0, 0.05) is 0 Å². The molecular formula is C36H66O6. The lowest BCUT2D eigenvalue weighted by Gasteiger charge is -2.33. The molecule has 0 aromatic heterocycles. The van der Waals surface area contributed by atoms with Crippen LogP contribution in [0.2, 0.25) is 0 Å². The maximum absolute atomic E-state index is 13.5. The van der Waals surface area contributed by atoms with Crippen molar-refractivity contribution in [2.24, 2.45) is 35.5 Å². The monoisotopic (exact) mass is 594 g/mol. The van der Waals surface area contributed by atoms with Gasteiger partial charge < -0.3 is 14.2 Å². The number of carbonyl (C=O) groups excluding carboxylic acids is 3. The Hall–Kier alpha value is -1.59. The third-order valence-electron chi connectivity index (χ3n) is 9.16. The first-order valence-corrected chi connectivity index (χ1v) is 17.8. The highest BCUT2D eigenvalue weighted by Gasteiger charge is 2.44. The third kappa shape index (κ3) is 15.2. The molecule has 0 spiro atoms. The second kappa shape index (κ2) is 23.8. The van der Waals surface area contributed by atoms with Crippen molar-refractivity contribution < 1.29 is 28.6 Å².